The summed E-state index contributed by atoms with van der Waals surface area (Å²) in [6.45, 7) is 3.22. The van der Waals surface area contributed by atoms with Gasteiger partial charge in [0.2, 0.25) is 5.91 Å². The topological polar surface area (TPSA) is 45.1 Å². The molecule has 0 saturated carbocycles. The van der Waals surface area contributed by atoms with Crippen molar-refractivity contribution in [2.24, 2.45) is 0 Å². The van der Waals surface area contributed by atoms with Crippen LogP contribution >= 0.6 is 0 Å². The van der Waals surface area contributed by atoms with E-state index >= 15 is 0 Å². The van der Waals surface area contributed by atoms with Gasteiger partial charge in [0.1, 0.15) is 5.82 Å². The van der Waals surface area contributed by atoms with Crippen molar-refractivity contribution < 1.29 is 18.9 Å². The first kappa shape index (κ1) is 16.7. The predicted octanol–water partition coefficient (Wildman–Crippen LogP) is 0.863. The van der Waals surface area contributed by atoms with E-state index in [0.29, 0.717) is 0 Å². The predicted molar refractivity (Wildman–Crippen MR) is 96.6 cm³/mol. The molecule has 2 aliphatic rings. The third-order valence-corrected chi connectivity index (χ3v) is 5.26. The van der Waals surface area contributed by atoms with Crippen LogP contribution in [0.4, 0.5) is 15.8 Å². The van der Waals surface area contributed by atoms with Crippen molar-refractivity contribution in [2.75, 3.05) is 36.0 Å². The summed E-state index contributed by atoms with van der Waals surface area (Å²) in [4.78, 5) is 29.6. The van der Waals surface area contributed by atoms with Gasteiger partial charge in [-0.1, -0.05) is 30.3 Å². The van der Waals surface area contributed by atoms with Crippen molar-refractivity contribution in [1.82, 2.24) is 0 Å². The van der Waals surface area contributed by atoms with Crippen molar-refractivity contribution in [3.8, 4) is 0 Å². The fourth-order valence-corrected chi connectivity index (χ4v) is 3.88. The highest BCUT2D eigenvalue weighted by Gasteiger charge is 2.47. The minimum Gasteiger partial charge on any atom is -0.360 e. The van der Waals surface area contributed by atoms with Crippen molar-refractivity contribution in [1.29, 1.82) is 0 Å². The molecule has 0 aromatic heterocycles. The molecule has 4 rings (SSSR count). The highest BCUT2D eigenvalue weighted by molar-refractivity contribution is 6.21. The second kappa shape index (κ2) is 6.88. The number of carbonyl (C=O) groups is 2. The number of benzene rings is 2. The van der Waals surface area contributed by atoms with Gasteiger partial charge in [-0.25, -0.2) is 9.29 Å². The number of nitrogens with zero attached hydrogens (tertiary/aromatic N) is 2. The fourth-order valence-electron chi connectivity index (χ4n) is 3.88. The van der Waals surface area contributed by atoms with Crippen LogP contribution in [-0.2, 0) is 9.59 Å². The maximum absolute atomic E-state index is 14.0. The lowest BCUT2D eigenvalue weighted by atomic mass is 10.1. The first-order chi connectivity index (χ1) is 12.6. The fraction of sp³-hybridized carbons (Fsp3) is 0.300. The number of piperazine rings is 1. The molecule has 6 heteroatoms. The molecule has 0 radical (unpaired) electrons. The smallest absolute Gasteiger partial charge is 0.292 e. The van der Waals surface area contributed by atoms with Crippen molar-refractivity contribution >= 4 is 23.2 Å². The number of quaternary nitrogens is 1. The van der Waals surface area contributed by atoms with E-state index < -0.39 is 11.9 Å². The Kier molecular flexibility index (Phi) is 4.42. The molecular weight excluding hydrogens is 333 g/mol. The molecule has 1 N–H and O–H groups in total. The van der Waals surface area contributed by atoms with Crippen molar-refractivity contribution in [2.45, 2.75) is 12.5 Å². The molecule has 1 atom stereocenters. The highest BCUT2D eigenvalue weighted by atomic mass is 19.1. The van der Waals surface area contributed by atoms with Crippen LogP contribution in [0.1, 0.15) is 6.42 Å². The van der Waals surface area contributed by atoms with Crippen LogP contribution < -0.4 is 14.7 Å². The zero-order valence-electron chi connectivity index (χ0n) is 14.4. The number of nitrogens with one attached hydrogen (secondary N) is 1. The molecule has 0 aliphatic carbocycles. The van der Waals surface area contributed by atoms with Crippen LogP contribution in [0.15, 0.2) is 54.6 Å². The lowest BCUT2D eigenvalue weighted by Gasteiger charge is -2.35. The van der Waals surface area contributed by atoms with E-state index in [4.69, 9.17) is 0 Å². The molecular formula is C20H21FN3O2+. The van der Waals surface area contributed by atoms with Crippen LogP contribution in [0.2, 0.25) is 0 Å². The summed E-state index contributed by atoms with van der Waals surface area (Å²) in [6.07, 6.45) is 0.147. The number of hydrogen-bond acceptors (Lipinski definition) is 3. The Morgan fingerprint density at radius 3 is 2.27 bits per heavy atom. The van der Waals surface area contributed by atoms with Crippen LogP contribution in [0.5, 0.6) is 0 Å². The highest BCUT2D eigenvalue weighted by Crippen LogP contribution is 2.24. The Balaban J connectivity index is 1.46. The average molecular weight is 354 g/mol. The molecule has 26 heavy (non-hydrogen) atoms. The lowest BCUT2D eigenvalue weighted by Crippen LogP contribution is -3.19. The largest absolute Gasteiger partial charge is 0.360 e. The number of anilines is 2. The molecule has 2 heterocycles. The quantitative estimate of drug-likeness (QED) is 0.832. The number of amides is 2. The molecule has 2 aliphatic heterocycles. The second-order valence-electron chi connectivity index (χ2n) is 6.76. The van der Waals surface area contributed by atoms with E-state index in [-0.39, 0.29) is 23.9 Å². The van der Waals surface area contributed by atoms with Crippen molar-refractivity contribution in [3.63, 3.8) is 0 Å². The molecule has 2 fully saturated rings. The number of imide groups is 1. The molecule has 0 spiro atoms. The number of rotatable bonds is 3. The van der Waals surface area contributed by atoms with E-state index in [2.05, 4.69) is 17.0 Å². The van der Waals surface area contributed by atoms with Crippen LogP contribution in [0.3, 0.4) is 0 Å². The molecule has 2 amide bonds. The summed E-state index contributed by atoms with van der Waals surface area (Å²) in [5, 5.41) is 0. The van der Waals surface area contributed by atoms with E-state index in [0.717, 1.165) is 36.0 Å². The summed E-state index contributed by atoms with van der Waals surface area (Å²) >= 11 is 0. The Morgan fingerprint density at radius 2 is 1.58 bits per heavy atom. The van der Waals surface area contributed by atoms with E-state index in [9.17, 15) is 14.0 Å². The number of para-hydroxylation sites is 2. The van der Waals surface area contributed by atoms with Gasteiger partial charge in [-0.05, 0) is 24.3 Å². The molecule has 1 unspecified atom stereocenters. The monoisotopic (exact) mass is 354 g/mol. The van der Waals surface area contributed by atoms with Gasteiger partial charge in [-0.15, -0.1) is 0 Å². The summed E-state index contributed by atoms with van der Waals surface area (Å²) in [6, 6.07) is 15.7. The summed E-state index contributed by atoms with van der Waals surface area (Å²) in [7, 11) is 0. The van der Waals surface area contributed by atoms with Gasteiger partial charge in [-0.3, -0.25) is 9.59 Å². The average Bonchev–Trinajstić information content (AvgIpc) is 2.97. The van der Waals surface area contributed by atoms with Gasteiger partial charge in [0.25, 0.3) is 5.91 Å². The SMILES string of the molecule is O=C1CC([NH+]2CCN(c3ccccc3)CC2)C(=O)N1c1ccccc1F. The first-order valence-corrected chi connectivity index (χ1v) is 8.91. The van der Waals surface area contributed by atoms with Gasteiger partial charge in [-0.2, -0.15) is 0 Å². The maximum Gasteiger partial charge on any atom is 0.292 e. The maximum atomic E-state index is 14.0. The number of carbonyl (C=O) groups excluding carboxylic acids is 2. The summed E-state index contributed by atoms with van der Waals surface area (Å²) in [5.74, 6) is -1.15. The van der Waals surface area contributed by atoms with E-state index in [1.165, 1.54) is 17.8 Å². The molecule has 2 saturated heterocycles. The summed E-state index contributed by atoms with van der Waals surface area (Å²) < 4.78 is 14.0. The molecule has 134 valence electrons. The van der Waals surface area contributed by atoms with Crippen LogP contribution in [-0.4, -0.2) is 44.0 Å². The number of hydrogen-bond donors (Lipinski definition) is 1. The zero-order chi connectivity index (χ0) is 18.1. The number of halogens is 1. The van der Waals surface area contributed by atoms with Crippen molar-refractivity contribution in [3.05, 3.63) is 60.4 Å². The Morgan fingerprint density at radius 1 is 0.923 bits per heavy atom. The van der Waals surface area contributed by atoms with Gasteiger partial charge in [0.15, 0.2) is 6.04 Å². The Hall–Kier alpha value is -2.73. The van der Waals surface area contributed by atoms with E-state index in [1.807, 2.05) is 18.2 Å². The third kappa shape index (κ3) is 2.97. The second-order valence-corrected chi connectivity index (χ2v) is 6.76. The first-order valence-electron chi connectivity index (χ1n) is 8.91. The molecule has 2 aromatic carbocycles. The van der Waals surface area contributed by atoms with Crippen LogP contribution in [0, 0.1) is 5.82 Å². The normalized spacial score (nSPS) is 21.5. The molecule has 5 nitrogen and oxygen atoms in total. The minimum absolute atomic E-state index is 0.0623. The zero-order valence-corrected chi connectivity index (χ0v) is 14.4. The Bertz CT molecular complexity index is 819. The Labute approximate surface area is 151 Å². The van der Waals surface area contributed by atoms with E-state index in [1.54, 1.807) is 12.1 Å². The molecule has 0 bridgehead atoms. The van der Waals surface area contributed by atoms with Crippen LogP contribution in [0.25, 0.3) is 0 Å². The standard InChI is InChI=1S/C20H20FN3O2/c21-16-8-4-5-9-17(16)24-19(25)14-18(20(24)26)23-12-10-22(11-13-23)15-6-2-1-3-7-15/h1-9,18H,10-14H2/p+1. The van der Waals surface area contributed by atoms with Gasteiger partial charge in [0.05, 0.1) is 38.3 Å². The summed E-state index contributed by atoms with van der Waals surface area (Å²) in [5.41, 5.74) is 1.24. The van der Waals surface area contributed by atoms with Gasteiger partial charge in [0, 0.05) is 5.69 Å². The third-order valence-electron chi connectivity index (χ3n) is 5.26. The van der Waals surface area contributed by atoms with Gasteiger partial charge < -0.3 is 9.80 Å². The molecule has 2 aromatic rings. The van der Waals surface area contributed by atoms with Gasteiger partial charge >= 0.3 is 0 Å². The minimum atomic E-state index is -0.543. The lowest BCUT2D eigenvalue weighted by molar-refractivity contribution is -0.915.